The van der Waals surface area contributed by atoms with Crippen LogP contribution >= 0.6 is 12.4 Å². The molecule has 0 bridgehead atoms. The minimum atomic E-state index is -0.748. The first-order valence-electron chi connectivity index (χ1n) is 6.06. The van der Waals surface area contributed by atoms with Crippen molar-refractivity contribution in [3.63, 3.8) is 0 Å². The van der Waals surface area contributed by atoms with Crippen LogP contribution < -0.4 is 11.1 Å². The zero-order valence-electron chi connectivity index (χ0n) is 11.9. The van der Waals surface area contributed by atoms with Gasteiger partial charge in [-0.3, -0.25) is 9.59 Å². The number of carbonyl (C=O) groups excluding carboxylic acids is 2. The standard InChI is InChI=1S/C14H20N2O3.ClH/c1-14(2,13(18)19-3)9-16-12(17)11-6-4-10(8-15)5-7-11;/h4-7H,8-9,15H2,1-3H3,(H,16,17);1H. The van der Waals surface area contributed by atoms with Crippen molar-refractivity contribution in [2.24, 2.45) is 11.1 Å². The van der Waals surface area contributed by atoms with Gasteiger partial charge in [-0.1, -0.05) is 12.1 Å². The maximum atomic E-state index is 11.9. The maximum absolute atomic E-state index is 11.9. The van der Waals surface area contributed by atoms with E-state index >= 15 is 0 Å². The first-order valence-corrected chi connectivity index (χ1v) is 6.06. The molecule has 0 unspecified atom stereocenters. The van der Waals surface area contributed by atoms with Crippen molar-refractivity contribution >= 4 is 24.3 Å². The van der Waals surface area contributed by atoms with E-state index in [4.69, 9.17) is 5.73 Å². The van der Waals surface area contributed by atoms with Crippen LogP contribution in [0.25, 0.3) is 0 Å². The van der Waals surface area contributed by atoms with E-state index in [1.165, 1.54) is 7.11 Å². The van der Waals surface area contributed by atoms with Crippen LogP contribution in [0.5, 0.6) is 0 Å². The highest BCUT2D eigenvalue weighted by Gasteiger charge is 2.29. The summed E-state index contributed by atoms with van der Waals surface area (Å²) in [6.07, 6.45) is 0. The molecule has 0 fully saturated rings. The smallest absolute Gasteiger partial charge is 0.313 e. The molecule has 20 heavy (non-hydrogen) atoms. The van der Waals surface area contributed by atoms with Crippen molar-refractivity contribution in [2.75, 3.05) is 13.7 Å². The van der Waals surface area contributed by atoms with Crippen molar-refractivity contribution in [1.29, 1.82) is 0 Å². The third-order valence-corrected chi connectivity index (χ3v) is 2.88. The van der Waals surface area contributed by atoms with E-state index in [0.29, 0.717) is 12.1 Å². The number of benzene rings is 1. The van der Waals surface area contributed by atoms with Gasteiger partial charge in [-0.15, -0.1) is 12.4 Å². The SMILES string of the molecule is COC(=O)C(C)(C)CNC(=O)c1ccc(CN)cc1.Cl. The summed E-state index contributed by atoms with van der Waals surface area (Å²) in [6, 6.07) is 7.03. The third-order valence-electron chi connectivity index (χ3n) is 2.88. The second kappa shape index (κ2) is 7.87. The molecule has 0 aliphatic heterocycles. The van der Waals surface area contributed by atoms with Crippen LogP contribution in [0.2, 0.25) is 0 Å². The Morgan fingerprint density at radius 1 is 1.25 bits per heavy atom. The van der Waals surface area contributed by atoms with Gasteiger partial charge in [-0.25, -0.2) is 0 Å². The average Bonchev–Trinajstić information content (AvgIpc) is 2.43. The summed E-state index contributed by atoms with van der Waals surface area (Å²) in [4.78, 5) is 23.4. The summed E-state index contributed by atoms with van der Waals surface area (Å²) >= 11 is 0. The second-order valence-electron chi connectivity index (χ2n) is 4.96. The normalized spacial score (nSPS) is 10.4. The molecule has 5 nitrogen and oxygen atoms in total. The molecule has 0 saturated carbocycles. The lowest BCUT2D eigenvalue weighted by Gasteiger charge is -2.21. The Balaban J connectivity index is 0.00000361. The Hall–Kier alpha value is -1.59. The van der Waals surface area contributed by atoms with Crippen LogP contribution in [-0.2, 0) is 16.1 Å². The number of methoxy groups -OCH3 is 1. The molecular weight excluding hydrogens is 280 g/mol. The van der Waals surface area contributed by atoms with Crippen molar-refractivity contribution in [3.8, 4) is 0 Å². The minimum absolute atomic E-state index is 0. The highest BCUT2D eigenvalue weighted by atomic mass is 35.5. The molecule has 0 saturated heterocycles. The van der Waals surface area contributed by atoms with E-state index in [9.17, 15) is 9.59 Å². The summed E-state index contributed by atoms with van der Waals surface area (Å²) in [6.45, 7) is 4.10. The Morgan fingerprint density at radius 2 is 1.80 bits per heavy atom. The lowest BCUT2D eigenvalue weighted by atomic mass is 9.93. The molecule has 1 aromatic rings. The second-order valence-corrected chi connectivity index (χ2v) is 4.96. The predicted octanol–water partition coefficient (Wildman–Crippen LogP) is 1.50. The van der Waals surface area contributed by atoms with Crippen LogP contribution in [0.4, 0.5) is 0 Å². The van der Waals surface area contributed by atoms with Gasteiger partial charge >= 0.3 is 5.97 Å². The molecule has 0 aliphatic carbocycles. The van der Waals surface area contributed by atoms with Gasteiger partial charge in [0.1, 0.15) is 0 Å². The number of nitrogens with two attached hydrogens (primary N) is 1. The summed E-state index contributed by atoms with van der Waals surface area (Å²) in [5.41, 5.74) is 6.24. The molecule has 0 atom stereocenters. The van der Waals surface area contributed by atoms with Gasteiger partial charge in [0.2, 0.25) is 0 Å². The monoisotopic (exact) mass is 300 g/mol. The fourth-order valence-corrected chi connectivity index (χ4v) is 1.54. The minimum Gasteiger partial charge on any atom is -0.469 e. The number of halogens is 1. The van der Waals surface area contributed by atoms with Gasteiger partial charge in [-0.2, -0.15) is 0 Å². The van der Waals surface area contributed by atoms with E-state index in [1.54, 1.807) is 38.1 Å². The molecule has 3 N–H and O–H groups in total. The predicted molar refractivity (Wildman–Crippen MR) is 79.7 cm³/mol. The molecular formula is C14H21ClN2O3. The lowest BCUT2D eigenvalue weighted by Crippen LogP contribution is -2.39. The van der Waals surface area contributed by atoms with Crippen molar-refractivity contribution < 1.29 is 14.3 Å². The zero-order chi connectivity index (χ0) is 14.5. The third kappa shape index (κ3) is 4.83. The molecule has 6 heteroatoms. The quantitative estimate of drug-likeness (QED) is 0.807. The van der Waals surface area contributed by atoms with Crippen molar-refractivity contribution in [2.45, 2.75) is 20.4 Å². The Kier molecular flexibility index (Phi) is 7.24. The molecule has 0 aliphatic rings. The van der Waals surface area contributed by atoms with Crippen LogP contribution in [0.1, 0.15) is 29.8 Å². The maximum Gasteiger partial charge on any atom is 0.313 e. The first kappa shape index (κ1) is 18.4. The number of esters is 1. The number of amides is 1. The summed E-state index contributed by atoms with van der Waals surface area (Å²) < 4.78 is 4.68. The molecule has 112 valence electrons. The number of hydrogen-bond acceptors (Lipinski definition) is 4. The van der Waals surface area contributed by atoms with Crippen LogP contribution in [0, 0.1) is 5.41 Å². The molecule has 0 aromatic heterocycles. The number of rotatable bonds is 5. The van der Waals surface area contributed by atoms with Gasteiger partial charge in [-0.05, 0) is 31.5 Å². The zero-order valence-corrected chi connectivity index (χ0v) is 12.8. The first-order chi connectivity index (χ1) is 8.90. The Bertz CT molecular complexity index is 458. The number of carbonyl (C=O) groups is 2. The lowest BCUT2D eigenvalue weighted by molar-refractivity contribution is -0.150. The number of nitrogens with one attached hydrogen (secondary N) is 1. The largest absolute Gasteiger partial charge is 0.469 e. The fourth-order valence-electron chi connectivity index (χ4n) is 1.54. The molecule has 1 aromatic carbocycles. The van der Waals surface area contributed by atoms with Crippen molar-refractivity contribution in [1.82, 2.24) is 5.32 Å². The summed E-state index contributed by atoms with van der Waals surface area (Å²) in [5, 5.41) is 2.72. The Morgan fingerprint density at radius 3 is 2.25 bits per heavy atom. The number of ether oxygens (including phenoxy) is 1. The highest BCUT2D eigenvalue weighted by Crippen LogP contribution is 2.15. The summed E-state index contributed by atoms with van der Waals surface area (Å²) in [7, 11) is 1.33. The summed E-state index contributed by atoms with van der Waals surface area (Å²) in [5.74, 6) is -0.577. The number of hydrogen-bond donors (Lipinski definition) is 2. The molecule has 1 amide bonds. The van der Waals surface area contributed by atoms with Gasteiger partial charge in [0.25, 0.3) is 5.91 Å². The topological polar surface area (TPSA) is 81.4 Å². The average molecular weight is 301 g/mol. The van der Waals surface area contributed by atoms with Gasteiger partial charge < -0.3 is 15.8 Å². The van der Waals surface area contributed by atoms with Gasteiger partial charge in [0.05, 0.1) is 12.5 Å². The Labute approximate surface area is 125 Å². The molecule has 0 spiro atoms. The van der Waals surface area contributed by atoms with Gasteiger partial charge in [0.15, 0.2) is 0 Å². The fraction of sp³-hybridized carbons (Fsp3) is 0.429. The molecule has 0 heterocycles. The van der Waals surface area contributed by atoms with E-state index in [1.807, 2.05) is 0 Å². The van der Waals surface area contributed by atoms with Crippen molar-refractivity contribution in [3.05, 3.63) is 35.4 Å². The van der Waals surface area contributed by atoms with Crippen LogP contribution in [0.3, 0.4) is 0 Å². The van der Waals surface area contributed by atoms with E-state index in [0.717, 1.165) is 5.56 Å². The van der Waals surface area contributed by atoms with Gasteiger partial charge in [0, 0.05) is 18.7 Å². The van der Waals surface area contributed by atoms with Crippen LogP contribution in [-0.4, -0.2) is 25.5 Å². The molecule has 1 rings (SSSR count). The molecule has 0 radical (unpaired) electrons. The van der Waals surface area contributed by atoms with E-state index in [-0.39, 0.29) is 30.8 Å². The highest BCUT2D eigenvalue weighted by molar-refractivity contribution is 5.94. The van der Waals surface area contributed by atoms with Crippen LogP contribution in [0.15, 0.2) is 24.3 Å². The van der Waals surface area contributed by atoms with E-state index < -0.39 is 5.41 Å². The van der Waals surface area contributed by atoms with E-state index in [2.05, 4.69) is 10.1 Å².